The molecule has 24 heavy (non-hydrogen) atoms. The minimum atomic E-state index is -0.216. The molecule has 1 saturated heterocycles. The smallest absolute Gasteiger partial charge is 0.241 e. The molecule has 2 N–H and O–H groups in total. The Hall–Kier alpha value is -2.41. The highest BCUT2D eigenvalue weighted by atomic mass is 16.5. The van der Waals surface area contributed by atoms with E-state index in [-0.39, 0.29) is 5.91 Å². The maximum atomic E-state index is 11.0. The lowest BCUT2D eigenvalue weighted by atomic mass is 9.93. The van der Waals surface area contributed by atoms with Crippen LogP contribution in [0.5, 0.6) is 5.75 Å². The van der Waals surface area contributed by atoms with E-state index in [1.807, 2.05) is 24.3 Å². The van der Waals surface area contributed by atoms with Gasteiger partial charge in [-0.25, -0.2) is 0 Å². The number of rotatable bonds is 6. The highest BCUT2D eigenvalue weighted by Crippen LogP contribution is 2.27. The topological polar surface area (TPSA) is 94.5 Å². The molecule has 7 heteroatoms. The number of aromatic nitrogens is 2. The second-order valence-electron chi connectivity index (χ2n) is 6.10. The summed E-state index contributed by atoms with van der Waals surface area (Å²) in [7, 11) is 1.62. The molecule has 1 aliphatic rings. The van der Waals surface area contributed by atoms with Crippen LogP contribution in [0, 0.1) is 5.92 Å². The van der Waals surface area contributed by atoms with Crippen LogP contribution in [0.1, 0.15) is 25.2 Å². The molecule has 1 fully saturated rings. The fraction of sp³-hybridized carbons (Fsp3) is 0.471. The van der Waals surface area contributed by atoms with Gasteiger partial charge >= 0.3 is 0 Å². The molecule has 0 bridgehead atoms. The number of piperidine rings is 1. The second-order valence-corrected chi connectivity index (χ2v) is 6.10. The van der Waals surface area contributed by atoms with E-state index in [4.69, 9.17) is 15.0 Å². The summed E-state index contributed by atoms with van der Waals surface area (Å²) in [5.41, 5.74) is 6.08. The van der Waals surface area contributed by atoms with Crippen LogP contribution in [0.15, 0.2) is 28.8 Å². The lowest BCUT2D eigenvalue weighted by molar-refractivity contribution is -0.119. The van der Waals surface area contributed by atoms with Crippen molar-refractivity contribution in [2.24, 2.45) is 11.7 Å². The average molecular weight is 330 g/mol. The van der Waals surface area contributed by atoms with Gasteiger partial charge in [0.1, 0.15) is 5.75 Å². The van der Waals surface area contributed by atoms with Crippen LogP contribution in [-0.2, 0) is 11.3 Å². The molecule has 2 aromatic rings. The fourth-order valence-corrected chi connectivity index (χ4v) is 3.08. The van der Waals surface area contributed by atoms with Crippen LogP contribution in [-0.4, -0.2) is 41.1 Å². The molecule has 0 unspecified atom stereocenters. The van der Waals surface area contributed by atoms with Crippen LogP contribution < -0.4 is 10.5 Å². The van der Waals surface area contributed by atoms with Gasteiger partial charge < -0.3 is 15.0 Å². The zero-order chi connectivity index (χ0) is 16.9. The normalized spacial score (nSPS) is 16.2. The van der Waals surface area contributed by atoms with E-state index in [2.05, 4.69) is 15.0 Å². The van der Waals surface area contributed by atoms with Crippen molar-refractivity contribution in [3.8, 4) is 17.1 Å². The van der Waals surface area contributed by atoms with E-state index < -0.39 is 0 Å². The maximum Gasteiger partial charge on any atom is 0.241 e. The van der Waals surface area contributed by atoms with Gasteiger partial charge in [0.25, 0.3) is 0 Å². The Labute approximate surface area is 140 Å². The molecular weight excluding hydrogens is 308 g/mol. The number of carbonyl (C=O) groups excluding carboxylic acids is 1. The number of amides is 1. The Bertz CT molecular complexity index is 693. The predicted octanol–water partition coefficient (Wildman–Crippen LogP) is 1.83. The first-order valence-electron chi connectivity index (χ1n) is 8.12. The summed E-state index contributed by atoms with van der Waals surface area (Å²) >= 11 is 0. The van der Waals surface area contributed by atoms with Crippen molar-refractivity contribution in [3.05, 3.63) is 30.2 Å². The third-order valence-electron chi connectivity index (χ3n) is 4.37. The Kier molecular flexibility index (Phi) is 5.10. The number of benzene rings is 1. The van der Waals surface area contributed by atoms with Crippen LogP contribution in [0.25, 0.3) is 11.4 Å². The molecule has 0 atom stereocenters. The number of ether oxygens (including phenoxy) is 1. The Morgan fingerprint density at radius 2 is 2.12 bits per heavy atom. The molecule has 1 aromatic carbocycles. The van der Waals surface area contributed by atoms with E-state index in [1.165, 1.54) is 0 Å². The summed E-state index contributed by atoms with van der Waals surface area (Å²) in [4.78, 5) is 17.7. The van der Waals surface area contributed by atoms with Crippen molar-refractivity contribution in [3.63, 3.8) is 0 Å². The zero-order valence-corrected chi connectivity index (χ0v) is 13.8. The van der Waals surface area contributed by atoms with Crippen molar-refractivity contribution in [1.29, 1.82) is 0 Å². The number of primary amides is 1. The summed E-state index contributed by atoms with van der Waals surface area (Å²) in [6, 6.07) is 7.59. The van der Waals surface area contributed by atoms with Gasteiger partial charge in [-0.15, -0.1) is 0 Å². The zero-order valence-electron chi connectivity index (χ0n) is 13.8. The molecule has 2 heterocycles. The van der Waals surface area contributed by atoms with E-state index in [1.54, 1.807) is 7.11 Å². The molecule has 1 aliphatic heterocycles. The lowest BCUT2D eigenvalue weighted by Crippen LogP contribution is -2.34. The molecule has 128 valence electrons. The monoisotopic (exact) mass is 330 g/mol. The van der Waals surface area contributed by atoms with Crippen LogP contribution in [0.2, 0.25) is 0 Å². The highest BCUT2D eigenvalue weighted by Gasteiger charge is 2.22. The van der Waals surface area contributed by atoms with Crippen molar-refractivity contribution in [2.45, 2.75) is 25.8 Å². The summed E-state index contributed by atoms with van der Waals surface area (Å²) < 4.78 is 10.7. The molecule has 0 spiro atoms. The number of hydrogen-bond donors (Lipinski definition) is 1. The van der Waals surface area contributed by atoms with Gasteiger partial charge in [0.15, 0.2) is 0 Å². The maximum absolute atomic E-state index is 11.0. The predicted molar refractivity (Wildman–Crippen MR) is 88.1 cm³/mol. The molecular formula is C17H22N4O3. The largest absolute Gasteiger partial charge is 0.496 e. The van der Waals surface area contributed by atoms with Gasteiger partial charge in [0.05, 0.1) is 19.2 Å². The molecule has 7 nitrogen and oxygen atoms in total. The Morgan fingerprint density at radius 1 is 1.38 bits per heavy atom. The summed E-state index contributed by atoms with van der Waals surface area (Å²) in [6.07, 6.45) is 2.42. The van der Waals surface area contributed by atoms with E-state index >= 15 is 0 Å². The van der Waals surface area contributed by atoms with E-state index in [0.717, 1.165) is 37.2 Å². The summed E-state index contributed by atoms with van der Waals surface area (Å²) in [5, 5.41) is 4.06. The van der Waals surface area contributed by atoms with Crippen LogP contribution in [0.3, 0.4) is 0 Å². The van der Waals surface area contributed by atoms with Crippen molar-refractivity contribution < 1.29 is 14.1 Å². The standard InChI is InChI=1S/C17H22N4O3/c1-23-14-5-3-2-4-13(14)17-19-16(24-20-17)11-21-8-6-12(7-9-21)10-15(18)22/h2-5,12H,6-11H2,1H3,(H2,18,22). The number of para-hydroxylation sites is 1. The first-order valence-corrected chi connectivity index (χ1v) is 8.12. The molecule has 0 radical (unpaired) electrons. The lowest BCUT2D eigenvalue weighted by Gasteiger charge is -2.30. The molecule has 1 amide bonds. The van der Waals surface area contributed by atoms with Crippen LogP contribution in [0.4, 0.5) is 0 Å². The first kappa shape index (κ1) is 16.4. The fourth-order valence-electron chi connectivity index (χ4n) is 3.08. The molecule has 1 aromatic heterocycles. The Balaban J connectivity index is 1.60. The third-order valence-corrected chi connectivity index (χ3v) is 4.37. The van der Waals surface area contributed by atoms with E-state index in [9.17, 15) is 4.79 Å². The van der Waals surface area contributed by atoms with Crippen molar-refractivity contribution in [2.75, 3.05) is 20.2 Å². The SMILES string of the molecule is COc1ccccc1-c1noc(CN2CCC(CC(N)=O)CC2)n1. The average Bonchev–Trinajstić information content (AvgIpc) is 3.04. The van der Waals surface area contributed by atoms with Crippen LogP contribution >= 0.6 is 0 Å². The van der Waals surface area contributed by atoms with Gasteiger partial charge in [-0.05, 0) is 44.0 Å². The van der Waals surface area contributed by atoms with Crippen molar-refractivity contribution >= 4 is 5.91 Å². The van der Waals surface area contributed by atoms with Gasteiger partial charge in [-0.3, -0.25) is 9.69 Å². The first-order chi connectivity index (χ1) is 11.7. The molecule has 0 saturated carbocycles. The van der Waals surface area contributed by atoms with E-state index in [0.29, 0.717) is 30.6 Å². The minimum absolute atomic E-state index is 0.216. The van der Waals surface area contributed by atoms with Gasteiger partial charge in [-0.2, -0.15) is 4.98 Å². The summed E-state index contributed by atoms with van der Waals surface area (Å²) in [6.45, 7) is 2.43. The quantitative estimate of drug-likeness (QED) is 0.868. The minimum Gasteiger partial charge on any atom is -0.496 e. The number of nitrogens with zero attached hydrogens (tertiary/aromatic N) is 3. The van der Waals surface area contributed by atoms with Gasteiger partial charge in [0, 0.05) is 6.42 Å². The highest BCUT2D eigenvalue weighted by molar-refractivity contribution is 5.74. The van der Waals surface area contributed by atoms with Crippen molar-refractivity contribution in [1.82, 2.24) is 15.0 Å². The second kappa shape index (κ2) is 7.44. The molecule has 3 rings (SSSR count). The summed E-state index contributed by atoms with van der Waals surface area (Å²) in [5.74, 6) is 2.02. The number of hydrogen-bond acceptors (Lipinski definition) is 6. The number of methoxy groups -OCH3 is 1. The van der Waals surface area contributed by atoms with Gasteiger partial charge in [-0.1, -0.05) is 17.3 Å². The Morgan fingerprint density at radius 3 is 2.83 bits per heavy atom. The number of likely N-dealkylation sites (tertiary alicyclic amines) is 1. The number of nitrogens with two attached hydrogens (primary N) is 1. The molecule has 0 aliphatic carbocycles. The van der Waals surface area contributed by atoms with Gasteiger partial charge in [0.2, 0.25) is 17.6 Å². The third kappa shape index (κ3) is 3.91. The number of carbonyl (C=O) groups is 1.